The minimum absolute atomic E-state index is 0.115. The number of aromatic nitrogens is 2. The number of unbranched alkanes of at least 4 members (excludes halogenated alkanes) is 7. The van der Waals surface area contributed by atoms with Crippen molar-refractivity contribution < 1.29 is 32.3 Å². The predicted octanol–water partition coefficient (Wildman–Crippen LogP) is 4.05. The van der Waals surface area contributed by atoms with Crippen LogP contribution in [0.1, 0.15) is 64.2 Å². The van der Waals surface area contributed by atoms with E-state index < -0.39 is 12.1 Å². The van der Waals surface area contributed by atoms with Crippen LogP contribution in [0.4, 0.5) is 18.3 Å². The molecule has 1 aromatic heterocycles. The van der Waals surface area contributed by atoms with Gasteiger partial charge in [0.2, 0.25) is 11.0 Å². The second-order valence-electron chi connectivity index (χ2n) is 6.22. The van der Waals surface area contributed by atoms with Crippen molar-refractivity contribution in [2.45, 2.75) is 70.4 Å². The molecule has 0 aromatic carbocycles. The molecule has 0 spiro atoms. The van der Waals surface area contributed by atoms with Crippen molar-refractivity contribution in [1.82, 2.24) is 10.2 Å². The third-order valence-corrected chi connectivity index (χ3v) is 4.39. The predicted molar refractivity (Wildman–Crippen MR) is 96.7 cm³/mol. The van der Waals surface area contributed by atoms with Gasteiger partial charge >= 0.3 is 12.1 Å². The number of alkyl halides is 3. The van der Waals surface area contributed by atoms with Crippen molar-refractivity contribution in [2.75, 3.05) is 11.9 Å². The van der Waals surface area contributed by atoms with E-state index >= 15 is 0 Å². The molecular weight excluding hydrogens is 399 g/mol. The Kier molecular flexibility index (Phi) is 11.3. The van der Waals surface area contributed by atoms with Crippen LogP contribution in [-0.4, -0.2) is 40.6 Å². The van der Waals surface area contributed by atoms with Crippen LogP contribution in [0.2, 0.25) is 0 Å². The summed E-state index contributed by atoms with van der Waals surface area (Å²) in [6.45, 7) is -0.215. The van der Waals surface area contributed by atoms with Crippen LogP contribution in [0.5, 0.6) is 0 Å². The van der Waals surface area contributed by atoms with Gasteiger partial charge in [-0.25, -0.2) is 4.79 Å². The molecule has 1 N–H and O–H groups in total. The molecule has 0 unspecified atom stereocenters. The van der Waals surface area contributed by atoms with E-state index in [-0.39, 0.29) is 24.7 Å². The Bertz CT molecular complexity index is 609. The monoisotopic (exact) mass is 423 g/mol. The van der Waals surface area contributed by atoms with Gasteiger partial charge in [-0.3, -0.25) is 9.59 Å². The van der Waals surface area contributed by atoms with Gasteiger partial charge in [0.15, 0.2) is 0 Å². The van der Waals surface area contributed by atoms with Crippen LogP contribution in [0.3, 0.4) is 0 Å². The molecule has 0 aliphatic carbocycles. The molecule has 0 saturated carbocycles. The Morgan fingerprint density at radius 1 is 1.00 bits per heavy atom. The molecule has 7 nitrogen and oxygen atoms in total. The zero-order chi connectivity index (χ0) is 20.8. The van der Waals surface area contributed by atoms with E-state index in [0.717, 1.165) is 38.5 Å². The number of Topliss-reactive ketones (excluding diaryl/α,β-unsaturated/α-hetero) is 1. The van der Waals surface area contributed by atoms with E-state index in [4.69, 9.17) is 0 Å². The zero-order valence-electron chi connectivity index (χ0n) is 15.4. The lowest BCUT2D eigenvalue weighted by atomic mass is 10.1. The van der Waals surface area contributed by atoms with Gasteiger partial charge in [-0.15, -0.1) is 10.2 Å². The van der Waals surface area contributed by atoms with Crippen molar-refractivity contribution >= 4 is 34.1 Å². The highest BCUT2D eigenvalue weighted by atomic mass is 32.1. The van der Waals surface area contributed by atoms with Crippen LogP contribution < -0.4 is 5.32 Å². The van der Waals surface area contributed by atoms with E-state index in [1.807, 2.05) is 0 Å². The normalized spacial score (nSPS) is 11.2. The van der Waals surface area contributed by atoms with Crippen molar-refractivity contribution in [2.24, 2.45) is 0 Å². The highest BCUT2D eigenvalue weighted by Gasteiger charge is 2.40. The lowest BCUT2D eigenvalue weighted by molar-refractivity contribution is -0.199. The number of nitrogens with zero attached hydrogens (tertiary/aromatic N) is 2. The Balaban J connectivity index is 1.89. The average molecular weight is 423 g/mol. The minimum atomic E-state index is -4.93. The van der Waals surface area contributed by atoms with Crippen LogP contribution in [0, 0.1) is 0 Å². The maximum Gasteiger partial charge on any atom is 0.490 e. The van der Waals surface area contributed by atoms with Gasteiger partial charge in [0, 0.05) is 6.42 Å². The number of anilines is 1. The van der Waals surface area contributed by atoms with Gasteiger partial charge in [-0.1, -0.05) is 49.9 Å². The molecular formula is C17H24F3N3O4S. The molecule has 0 atom stereocenters. The fourth-order valence-corrected chi connectivity index (χ4v) is 2.85. The third kappa shape index (κ3) is 11.6. The number of carbonyl (C=O) groups is 3. The number of esters is 1. The highest BCUT2D eigenvalue weighted by molar-refractivity contribution is 7.13. The van der Waals surface area contributed by atoms with Gasteiger partial charge < -0.3 is 10.1 Å². The molecule has 0 radical (unpaired) electrons. The van der Waals surface area contributed by atoms with Gasteiger partial charge in [0.25, 0.3) is 0 Å². The van der Waals surface area contributed by atoms with Crippen LogP contribution in [-0.2, 0) is 19.1 Å². The van der Waals surface area contributed by atoms with Gasteiger partial charge in [0.05, 0.1) is 13.0 Å². The Morgan fingerprint density at radius 2 is 1.61 bits per heavy atom. The first-order chi connectivity index (χ1) is 13.3. The van der Waals surface area contributed by atoms with E-state index in [0.29, 0.717) is 24.4 Å². The van der Waals surface area contributed by atoms with E-state index in [1.165, 1.54) is 16.8 Å². The average Bonchev–Trinajstić information content (AvgIpc) is 3.11. The highest BCUT2D eigenvalue weighted by Crippen LogP contribution is 2.17. The standard InChI is InChI=1S/C17H24F3N3O4S/c18-17(19,20)15(26)27-10-8-6-4-2-1-3-5-7-9-13(24)11-14(25)22-16-23-21-12-28-16/h12H,1-11H2,(H,22,23,25). The summed E-state index contributed by atoms with van der Waals surface area (Å²) in [6, 6.07) is 0. The topological polar surface area (TPSA) is 98.2 Å². The lowest BCUT2D eigenvalue weighted by Crippen LogP contribution is -2.25. The maximum absolute atomic E-state index is 11.9. The molecule has 0 saturated heterocycles. The number of ether oxygens (including phenoxy) is 1. The number of rotatable bonds is 14. The third-order valence-electron chi connectivity index (χ3n) is 3.78. The molecule has 1 aromatic rings. The first-order valence-corrected chi connectivity index (χ1v) is 9.98. The number of halogens is 3. The summed E-state index contributed by atoms with van der Waals surface area (Å²) in [4.78, 5) is 33.8. The van der Waals surface area contributed by atoms with Crippen molar-refractivity contribution in [3.63, 3.8) is 0 Å². The van der Waals surface area contributed by atoms with Crippen LogP contribution in [0.15, 0.2) is 5.51 Å². The fourth-order valence-electron chi connectivity index (χ4n) is 2.39. The maximum atomic E-state index is 11.9. The summed E-state index contributed by atoms with van der Waals surface area (Å²) in [7, 11) is 0. The lowest BCUT2D eigenvalue weighted by Gasteiger charge is -2.07. The van der Waals surface area contributed by atoms with Crippen LogP contribution >= 0.6 is 11.3 Å². The van der Waals surface area contributed by atoms with Gasteiger partial charge in [-0.2, -0.15) is 13.2 Å². The van der Waals surface area contributed by atoms with Crippen molar-refractivity contribution in [1.29, 1.82) is 0 Å². The molecule has 0 aliphatic heterocycles. The fraction of sp³-hybridized carbons (Fsp3) is 0.706. The molecule has 0 fully saturated rings. The Labute approximate surface area is 165 Å². The van der Waals surface area contributed by atoms with Crippen LogP contribution in [0.25, 0.3) is 0 Å². The number of ketones is 1. The zero-order valence-corrected chi connectivity index (χ0v) is 16.2. The summed E-state index contributed by atoms with van der Waals surface area (Å²) in [5.74, 6) is -2.64. The summed E-state index contributed by atoms with van der Waals surface area (Å²) in [5, 5.41) is 10.1. The largest absolute Gasteiger partial charge is 0.490 e. The summed E-state index contributed by atoms with van der Waals surface area (Å²) < 4.78 is 39.8. The summed E-state index contributed by atoms with van der Waals surface area (Å²) >= 11 is 1.18. The SMILES string of the molecule is O=C(CCCCCCCCCCOC(=O)C(F)(F)F)CC(=O)Nc1nncs1. The first-order valence-electron chi connectivity index (χ1n) is 9.10. The first kappa shape index (κ1) is 24.0. The number of amides is 1. The molecule has 11 heteroatoms. The second-order valence-corrected chi connectivity index (χ2v) is 7.05. The molecule has 0 aliphatic rings. The molecule has 28 heavy (non-hydrogen) atoms. The van der Waals surface area contributed by atoms with Gasteiger partial charge in [0.1, 0.15) is 11.3 Å². The molecule has 1 rings (SSSR count). The number of hydrogen-bond acceptors (Lipinski definition) is 7. The minimum Gasteiger partial charge on any atom is -0.459 e. The second kappa shape index (κ2) is 13.2. The number of hydrogen-bond donors (Lipinski definition) is 1. The number of carbonyl (C=O) groups excluding carboxylic acids is 3. The summed E-state index contributed by atoms with van der Waals surface area (Å²) in [5.41, 5.74) is 1.49. The molecule has 1 amide bonds. The smallest absolute Gasteiger partial charge is 0.459 e. The van der Waals surface area contributed by atoms with E-state index in [9.17, 15) is 27.6 Å². The van der Waals surface area contributed by atoms with E-state index in [1.54, 1.807) is 0 Å². The molecule has 1 heterocycles. The Hall–Kier alpha value is -2.04. The van der Waals surface area contributed by atoms with Crippen molar-refractivity contribution in [3.05, 3.63) is 5.51 Å². The number of nitrogens with one attached hydrogen (secondary N) is 1. The quantitative estimate of drug-likeness (QED) is 0.275. The van der Waals surface area contributed by atoms with Gasteiger partial charge in [-0.05, 0) is 12.8 Å². The van der Waals surface area contributed by atoms with E-state index in [2.05, 4.69) is 20.3 Å². The molecule has 158 valence electrons. The van der Waals surface area contributed by atoms with Crippen molar-refractivity contribution in [3.8, 4) is 0 Å². The molecule has 0 bridgehead atoms. The summed E-state index contributed by atoms with van der Waals surface area (Å²) in [6.07, 6.45) is 1.69. The Morgan fingerprint density at radius 3 is 2.18 bits per heavy atom.